The molecule has 8 heavy (non-hydrogen) atoms. The Labute approximate surface area is 51.0 Å². The molecule has 0 saturated carbocycles. The van der Waals surface area contributed by atoms with Crippen LogP contribution in [0.1, 0.15) is 26.7 Å². The highest BCUT2D eigenvalue weighted by Crippen LogP contribution is 2.30. The van der Waals surface area contributed by atoms with E-state index in [4.69, 9.17) is 4.74 Å². The van der Waals surface area contributed by atoms with Crippen molar-refractivity contribution >= 4 is 0 Å². The molecule has 1 saturated heterocycles. The van der Waals surface area contributed by atoms with E-state index in [0.29, 0.717) is 5.41 Å². The van der Waals surface area contributed by atoms with E-state index in [1.165, 1.54) is 12.8 Å². The van der Waals surface area contributed by atoms with E-state index in [9.17, 15) is 0 Å². The van der Waals surface area contributed by atoms with Crippen molar-refractivity contribution < 1.29 is 4.74 Å². The van der Waals surface area contributed by atoms with Gasteiger partial charge in [-0.1, -0.05) is 13.8 Å². The number of hydrogen-bond donors (Lipinski definition) is 0. The van der Waals surface area contributed by atoms with Crippen LogP contribution in [0.2, 0.25) is 0 Å². The van der Waals surface area contributed by atoms with Gasteiger partial charge in [0.05, 0.1) is 6.61 Å². The molecule has 48 valence electrons. The summed E-state index contributed by atoms with van der Waals surface area (Å²) in [6.07, 6.45) is 2.51. The molecule has 0 radical (unpaired) electrons. The summed E-state index contributed by atoms with van der Waals surface area (Å²) in [5.74, 6) is 0. The Morgan fingerprint density at radius 2 is 2.38 bits per heavy atom. The molecule has 1 rings (SSSR count). The molecule has 1 heterocycles. The van der Waals surface area contributed by atoms with Gasteiger partial charge in [-0.15, -0.1) is 0 Å². The summed E-state index contributed by atoms with van der Waals surface area (Å²) in [7, 11) is 0. The zero-order valence-electron chi connectivity index (χ0n) is 5.74. The summed E-state index contributed by atoms with van der Waals surface area (Å²) >= 11 is 0. The third-order valence-electron chi connectivity index (χ3n) is 2.15. The van der Waals surface area contributed by atoms with Gasteiger partial charge < -0.3 is 4.74 Å². The number of rotatable bonds is 1. The second-order valence-electron chi connectivity index (χ2n) is 2.97. The molecule has 1 aliphatic heterocycles. The maximum absolute atomic E-state index is 5.25. The first kappa shape index (κ1) is 6.09. The van der Waals surface area contributed by atoms with E-state index >= 15 is 0 Å². The van der Waals surface area contributed by atoms with E-state index in [1.54, 1.807) is 0 Å². The van der Waals surface area contributed by atoms with Crippen molar-refractivity contribution in [2.75, 3.05) is 13.2 Å². The molecule has 0 amide bonds. The lowest BCUT2D eigenvalue weighted by Crippen LogP contribution is -2.13. The van der Waals surface area contributed by atoms with Crippen molar-refractivity contribution in [3.8, 4) is 0 Å². The van der Waals surface area contributed by atoms with Crippen LogP contribution in [0.5, 0.6) is 0 Å². The smallest absolute Gasteiger partial charge is 0.0520 e. The fourth-order valence-corrected chi connectivity index (χ4v) is 0.988. The number of ether oxygens (including phenoxy) is 1. The quantitative estimate of drug-likeness (QED) is 0.505. The molecule has 0 bridgehead atoms. The first-order valence-electron chi connectivity index (χ1n) is 3.35. The highest BCUT2D eigenvalue weighted by atomic mass is 16.5. The van der Waals surface area contributed by atoms with Crippen LogP contribution in [0.15, 0.2) is 0 Å². The van der Waals surface area contributed by atoms with Gasteiger partial charge >= 0.3 is 0 Å². The molecule has 1 aliphatic rings. The summed E-state index contributed by atoms with van der Waals surface area (Å²) in [6.45, 7) is 6.47. The van der Waals surface area contributed by atoms with Gasteiger partial charge in [0.15, 0.2) is 0 Å². The van der Waals surface area contributed by atoms with E-state index in [1.807, 2.05) is 0 Å². The third-order valence-corrected chi connectivity index (χ3v) is 2.15. The minimum absolute atomic E-state index is 0.514. The van der Waals surface area contributed by atoms with Gasteiger partial charge in [0.1, 0.15) is 0 Å². The van der Waals surface area contributed by atoms with E-state index < -0.39 is 0 Å². The van der Waals surface area contributed by atoms with Crippen molar-refractivity contribution in [1.82, 2.24) is 0 Å². The van der Waals surface area contributed by atoms with Crippen LogP contribution < -0.4 is 0 Å². The summed E-state index contributed by atoms with van der Waals surface area (Å²) in [5, 5.41) is 0. The van der Waals surface area contributed by atoms with Crippen molar-refractivity contribution in [2.45, 2.75) is 26.7 Å². The summed E-state index contributed by atoms with van der Waals surface area (Å²) in [5.41, 5.74) is 0.514. The predicted molar refractivity (Wildman–Crippen MR) is 33.8 cm³/mol. The van der Waals surface area contributed by atoms with Crippen LogP contribution in [0, 0.1) is 5.41 Å². The minimum Gasteiger partial charge on any atom is -0.381 e. The standard InChI is InChI=1S/C7H14O/c1-3-7(2)4-5-8-6-7/h3-6H2,1-2H3. The van der Waals surface area contributed by atoms with Crippen molar-refractivity contribution in [1.29, 1.82) is 0 Å². The number of hydrogen-bond acceptors (Lipinski definition) is 1. The monoisotopic (exact) mass is 114 g/mol. The van der Waals surface area contributed by atoms with E-state index in [-0.39, 0.29) is 0 Å². The minimum atomic E-state index is 0.514. The molecule has 0 aromatic rings. The summed E-state index contributed by atoms with van der Waals surface area (Å²) in [4.78, 5) is 0. The van der Waals surface area contributed by atoms with Crippen LogP contribution in [0.4, 0.5) is 0 Å². The molecule has 0 aromatic heterocycles. The molecule has 1 fully saturated rings. The van der Waals surface area contributed by atoms with Gasteiger partial charge in [0.25, 0.3) is 0 Å². The molecule has 1 atom stereocenters. The molecule has 1 heteroatoms. The lowest BCUT2D eigenvalue weighted by atomic mass is 9.87. The Morgan fingerprint density at radius 3 is 2.62 bits per heavy atom. The molecule has 1 unspecified atom stereocenters. The van der Waals surface area contributed by atoms with E-state index in [2.05, 4.69) is 13.8 Å². The third kappa shape index (κ3) is 1.03. The highest BCUT2D eigenvalue weighted by Gasteiger charge is 2.26. The van der Waals surface area contributed by atoms with E-state index in [0.717, 1.165) is 13.2 Å². The fourth-order valence-electron chi connectivity index (χ4n) is 0.988. The second kappa shape index (κ2) is 2.06. The van der Waals surface area contributed by atoms with Gasteiger partial charge in [-0.3, -0.25) is 0 Å². The van der Waals surface area contributed by atoms with Crippen LogP contribution in [-0.4, -0.2) is 13.2 Å². The van der Waals surface area contributed by atoms with Gasteiger partial charge in [0.2, 0.25) is 0 Å². The summed E-state index contributed by atoms with van der Waals surface area (Å²) < 4.78 is 5.25. The van der Waals surface area contributed by atoms with Crippen LogP contribution >= 0.6 is 0 Å². The average Bonchev–Trinajstić information content (AvgIpc) is 2.17. The normalized spacial score (nSPS) is 38.2. The summed E-state index contributed by atoms with van der Waals surface area (Å²) in [6, 6.07) is 0. The highest BCUT2D eigenvalue weighted by molar-refractivity contribution is 4.75. The lowest BCUT2D eigenvalue weighted by Gasteiger charge is -2.17. The van der Waals surface area contributed by atoms with Crippen molar-refractivity contribution in [3.63, 3.8) is 0 Å². The molecule has 0 N–H and O–H groups in total. The maximum Gasteiger partial charge on any atom is 0.0520 e. The van der Waals surface area contributed by atoms with Crippen LogP contribution in [0.3, 0.4) is 0 Å². The Morgan fingerprint density at radius 1 is 1.62 bits per heavy atom. The average molecular weight is 114 g/mol. The predicted octanol–water partition coefficient (Wildman–Crippen LogP) is 1.82. The van der Waals surface area contributed by atoms with Gasteiger partial charge in [-0.05, 0) is 18.3 Å². The zero-order chi connectivity index (χ0) is 6.04. The van der Waals surface area contributed by atoms with Crippen molar-refractivity contribution in [3.05, 3.63) is 0 Å². The SMILES string of the molecule is CCC1(C)CCOC1. The molecular weight excluding hydrogens is 100 g/mol. The Balaban J connectivity index is 2.40. The molecule has 0 aromatic carbocycles. The molecule has 1 nitrogen and oxygen atoms in total. The van der Waals surface area contributed by atoms with Crippen LogP contribution in [0.25, 0.3) is 0 Å². The first-order chi connectivity index (χ1) is 3.77. The largest absolute Gasteiger partial charge is 0.381 e. The second-order valence-corrected chi connectivity index (χ2v) is 2.97. The zero-order valence-corrected chi connectivity index (χ0v) is 5.74. The molecule has 0 aliphatic carbocycles. The Kier molecular flexibility index (Phi) is 1.57. The van der Waals surface area contributed by atoms with Gasteiger partial charge in [-0.2, -0.15) is 0 Å². The molecule has 0 spiro atoms. The van der Waals surface area contributed by atoms with Crippen LogP contribution in [-0.2, 0) is 4.74 Å². The lowest BCUT2D eigenvalue weighted by molar-refractivity contribution is 0.157. The fraction of sp³-hybridized carbons (Fsp3) is 1.00. The van der Waals surface area contributed by atoms with Gasteiger partial charge in [0, 0.05) is 6.61 Å². The van der Waals surface area contributed by atoms with Gasteiger partial charge in [-0.25, -0.2) is 0 Å². The Hall–Kier alpha value is -0.0400. The van der Waals surface area contributed by atoms with Crippen molar-refractivity contribution in [2.24, 2.45) is 5.41 Å². The maximum atomic E-state index is 5.25. The molecular formula is C7H14O. The topological polar surface area (TPSA) is 9.23 Å². The first-order valence-corrected chi connectivity index (χ1v) is 3.35. The Bertz CT molecular complexity index is 72.5.